The lowest BCUT2D eigenvalue weighted by molar-refractivity contribution is 1.05. The van der Waals surface area contributed by atoms with E-state index in [1.54, 1.807) is 6.08 Å². The molecule has 0 fully saturated rings. The molecule has 2 heterocycles. The normalized spacial score (nSPS) is 11.5. The third kappa shape index (κ3) is 1.49. The van der Waals surface area contributed by atoms with Crippen LogP contribution < -0.4 is 16.5 Å². The van der Waals surface area contributed by atoms with Crippen molar-refractivity contribution in [3.8, 4) is 0 Å². The van der Waals surface area contributed by atoms with E-state index >= 15 is 0 Å². The summed E-state index contributed by atoms with van der Waals surface area (Å²) in [6.45, 7) is 7.89. The van der Waals surface area contributed by atoms with Crippen molar-refractivity contribution in [3.63, 3.8) is 0 Å². The van der Waals surface area contributed by atoms with Gasteiger partial charge in [0.1, 0.15) is 0 Å². The molecule has 0 bridgehead atoms. The fourth-order valence-corrected chi connectivity index (χ4v) is 2.80. The average Bonchev–Trinajstić information content (AvgIpc) is 2.78. The Kier molecular flexibility index (Phi) is 2.33. The van der Waals surface area contributed by atoms with Crippen molar-refractivity contribution in [2.24, 2.45) is 0 Å². The van der Waals surface area contributed by atoms with Crippen LogP contribution in [-0.2, 0) is 0 Å². The maximum atomic E-state index is 11.9. The van der Waals surface area contributed by atoms with Gasteiger partial charge in [-0.3, -0.25) is 9.78 Å². The molecule has 4 rings (SSSR count). The van der Waals surface area contributed by atoms with Gasteiger partial charge in [-0.15, -0.1) is 0 Å². The average molecular weight is 290 g/mol. The Morgan fingerprint density at radius 1 is 1.09 bits per heavy atom. The zero-order valence-corrected chi connectivity index (χ0v) is 11.4. The molecule has 0 aliphatic rings. The minimum absolute atomic E-state index is 0.100. The third-order valence-corrected chi connectivity index (χ3v) is 3.75. The lowest BCUT2D eigenvalue weighted by Gasteiger charge is -1.97. The van der Waals surface area contributed by atoms with E-state index in [4.69, 9.17) is 0 Å². The molecule has 0 atom stereocenters. The van der Waals surface area contributed by atoms with Crippen molar-refractivity contribution in [3.05, 3.63) is 56.4 Å². The zero-order chi connectivity index (χ0) is 15.4. The van der Waals surface area contributed by atoms with E-state index in [1.807, 2.05) is 18.2 Å². The van der Waals surface area contributed by atoms with Crippen LogP contribution in [0, 0.1) is 0 Å². The summed E-state index contributed by atoms with van der Waals surface area (Å²) < 4.78 is 0. The van der Waals surface area contributed by atoms with E-state index in [-0.39, 0.29) is 11.2 Å². The van der Waals surface area contributed by atoms with Crippen LogP contribution in [0.2, 0.25) is 0 Å². The largest absolute Gasteiger partial charge is 0.349 e. The number of rotatable bonds is 1. The first kappa shape index (κ1) is 12.5. The number of hydrogen-bond donors (Lipinski definition) is 2. The van der Waals surface area contributed by atoms with Gasteiger partial charge in [0, 0.05) is 10.6 Å². The van der Waals surface area contributed by atoms with E-state index < -0.39 is 11.2 Å². The van der Waals surface area contributed by atoms with E-state index in [0.29, 0.717) is 11.0 Å². The van der Waals surface area contributed by atoms with Crippen molar-refractivity contribution >= 4 is 45.6 Å². The molecule has 0 amide bonds. The van der Waals surface area contributed by atoms with Gasteiger partial charge >= 0.3 is 5.69 Å². The number of hydrogen-bond acceptors (Lipinski definition) is 4. The molecule has 106 valence electrons. The Hall–Kier alpha value is -3.28. The fraction of sp³-hybridized carbons (Fsp3) is 0. The lowest BCUT2D eigenvalue weighted by atomic mass is 10.1. The third-order valence-electron chi connectivity index (χ3n) is 3.75. The molecule has 0 radical (unpaired) electrons. The number of nitrogens with one attached hydrogen (secondary N) is 2. The molecular weight excluding hydrogens is 280 g/mol. The Labute approximate surface area is 122 Å². The fourth-order valence-electron chi connectivity index (χ4n) is 2.80. The van der Waals surface area contributed by atoms with E-state index in [2.05, 4.69) is 33.1 Å². The van der Waals surface area contributed by atoms with Gasteiger partial charge in [-0.05, 0) is 10.9 Å². The Balaban J connectivity index is 2.37. The van der Waals surface area contributed by atoms with Gasteiger partial charge in [0.05, 0.1) is 11.0 Å². The minimum atomic E-state index is -0.705. The van der Waals surface area contributed by atoms with E-state index in [0.717, 1.165) is 21.6 Å². The molecule has 6 heteroatoms. The molecule has 6 nitrogen and oxygen atoms in total. The van der Waals surface area contributed by atoms with E-state index in [1.165, 1.54) is 0 Å². The number of nitrogens with zero attached hydrogens (tertiary/aromatic N) is 2. The first-order valence-corrected chi connectivity index (χ1v) is 6.60. The van der Waals surface area contributed by atoms with Crippen LogP contribution in [0.3, 0.4) is 0 Å². The minimum Gasteiger partial charge on any atom is -0.336 e. The predicted molar refractivity (Wildman–Crippen MR) is 86.6 cm³/mol. The van der Waals surface area contributed by atoms with Gasteiger partial charge in [0.15, 0.2) is 11.2 Å². The maximum Gasteiger partial charge on any atom is 0.349 e. The summed E-state index contributed by atoms with van der Waals surface area (Å²) in [6.07, 6.45) is 1.75. The van der Waals surface area contributed by atoms with Crippen molar-refractivity contribution < 1.29 is 0 Å². The van der Waals surface area contributed by atoms with Crippen molar-refractivity contribution in [2.75, 3.05) is 0 Å². The van der Waals surface area contributed by atoms with Gasteiger partial charge in [-0.1, -0.05) is 37.4 Å². The first-order valence-electron chi connectivity index (χ1n) is 6.60. The summed E-state index contributed by atoms with van der Waals surface area (Å²) in [5.41, 5.74) is 1.21. The summed E-state index contributed by atoms with van der Waals surface area (Å²) in [5, 5.41) is 2.54. The molecule has 0 saturated carbocycles. The van der Waals surface area contributed by atoms with Crippen LogP contribution in [-0.4, -0.2) is 19.9 Å². The molecule has 0 spiro atoms. The van der Waals surface area contributed by atoms with Gasteiger partial charge < -0.3 is 4.98 Å². The maximum absolute atomic E-state index is 11.9. The van der Waals surface area contributed by atoms with Crippen molar-refractivity contribution in [1.82, 2.24) is 19.9 Å². The first-order chi connectivity index (χ1) is 10.6. The second kappa shape index (κ2) is 4.11. The SMILES string of the molecule is C=Cc1cccc2c1c(=C)c1[nH]c3nc(=O)[nH]c(=O)c3nc12. The highest BCUT2D eigenvalue weighted by Gasteiger charge is 2.13. The zero-order valence-electron chi connectivity index (χ0n) is 11.4. The van der Waals surface area contributed by atoms with Crippen LogP contribution in [0.5, 0.6) is 0 Å². The summed E-state index contributed by atoms with van der Waals surface area (Å²) in [7, 11) is 0. The summed E-state index contributed by atoms with van der Waals surface area (Å²) >= 11 is 0. The second-order valence-corrected chi connectivity index (χ2v) is 4.98. The molecule has 4 aromatic rings. The van der Waals surface area contributed by atoms with Gasteiger partial charge in [-0.25, -0.2) is 9.78 Å². The van der Waals surface area contributed by atoms with Crippen LogP contribution in [0.15, 0.2) is 34.4 Å². The molecule has 0 aliphatic heterocycles. The highest BCUT2D eigenvalue weighted by Crippen LogP contribution is 2.25. The second-order valence-electron chi connectivity index (χ2n) is 4.98. The Morgan fingerprint density at radius 2 is 1.91 bits per heavy atom. The predicted octanol–water partition coefficient (Wildman–Crippen LogP) is 1.08. The number of H-pyrrole nitrogens is 2. The summed E-state index contributed by atoms with van der Waals surface area (Å²) in [6, 6.07) is 5.74. The van der Waals surface area contributed by atoms with Gasteiger partial charge in [0.25, 0.3) is 5.56 Å². The molecule has 0 unspecified atom stereocenters. The van der Waals surface area contributed by atoms with Gasteiger partial charge in [0.2, 0.25) is 0 Å². The molecule has 2 aromatic heterocycles. The Bertz CT molecular complexity index is 1250. The van der Waals surface area contributed by atoms with Crippen LogP contribution in [0.25, 0.3) is 45.6 Å². The number of aromatic amines is 2. The topological polar surface area (TPSA) is 91.5 Å². The molecule has 0 saturated heterocycles. The molecule has 22 heavy (non-hydrogen) atoms. The molecule has 0 aliphatic carbocycles. The molecular formula is C16H10N4O2. The standard InChI is InChI=1S/C16H10N4O2/c1-3-8-5-4-6-9-10(8)7(2)11-12(9)17-13-14(18-11)19-16(22)20-15(13)21/h3-6H,1-2H2,(H2,18,19,20,21,22). The van der Waals surface area contributed by atoms with E-state index in [9.17, 15) is 9.59 Å². The molecule has 2 N–H and O–H groups in total. The highest BCUT2D eigenvalue weighted by molar-refractivity contribution is 6.12. The van der Waals surface area contributed by atoms with Crippen LogP contribution in [0.4, 0.5) is 0 Å². The number of fused-ring (bicyclic) bond motifs is 4. The smallest absolute Gasteiger partial charge is 0.336 e. The Morgan fingerprint density at radius 3 is 2.68 bits per heavy atom. The van der Waals surface area contributed by atoms with Crippen molar-refractivity contribution in [1.29, 1.82) is 0 Å². The summed E-state index contributed by atoms with van der Waals surface area (Å²) in [4.78, 5) is 36.5. The number of aromatic nitrogens is 4. The quantitative estimate of drug-likeness (QED) is 0.549. The van der Waals surface area contributed by atoms with Crippen LogP contribution >= 0.6 is 0 Å². The highest BCUT2D eigenvalue weighted by atomic mass is 16.2. The summed E-state index contributed by atoms with van der Waals surface area (Å²) in [5.74, 6) is 0. The monoisotopic (exact) mass is 290 g/mol. The number of benzene rings is 1. The lowest BCUT2D eigenvalue weighted by Crippen LogP contribution is -2.23. The van der Waals surface area contributed by atoms with Crippen LogP contribution in [0.1, 0.15) is 5.56 Å². The molecule has 2 aromatic carbocycles. The van der Waals surface area contributed by atoms with Gasteiger partial charge in [-0.2, -0.15) is 4.98 Å². The van der Waals surface area contributed by atoms with Crippen molar-refractivity contribution in [2.45, 2.75) is 0 Å².